The van der Waals surface area contributed by atoms with E-state index >= 15 is 0 Å². The molecule has 1 aliphatic rings. The van der Waals surface area contributed by atoms with Gasteiger partial charge < -0.3 is 15.9 Å². The summed E-state index contributed by atoms with van der Waals surface area (Å²) in [5.74, 6) is 0. The van der Waals surface area contributed by atoms with Gasteiger partial charge in [-0.05, 0) is 5.56 Å². The van der Waals surface area contributed by atoms with Crippen LogP contribution in [0.3, 0.4) is 0 Å². The molecule has 1 unspecified atom stereocenters. The minimum absolute atomic E-state index is 0. The Morgan fingerprint density at radius 3 is 2.67 bits per heavy atom. The highest BCUT2D eigenvalue weighted by Crippen LogP contribution is 2.03. The van der Waals surface area contributed by atoms with Gasteiger partial charge in [0.15, 0.2) is 0 Å². The molecule has 1 heterocycles. The van der Waals surface area contributed by atoms with Crippen LogP contribution >= 0.6 is 24.8 Å². The van der Waals surface area contributed by atoms with Crippen molar-refractivity contribution in [2.75, 3.05) is 13.1 Å². The molecule has 1 saturated heterocycles. The largest absolute Gasteiger partial charge is 0.391 e. The normalized spacial score (nSPS) is 20.7. The summed E-state index contributed by atoms with van der Waals surface area (Å²) in [6, 6.07) is 9.98. The van der Waals surface area contributed by atoms with Crippen LogP contribution in [0.5, 0.6) is 0 Å². The van der Waals surface area contributed by atoms with Crippen LogP contribution in [0.15, 0.2) is 35.5 Å². The van der Waals surface area contributed by atoms with E-state index in [-0.39, 0.29) is 30.9 Å². The molecule has 0 radical (unpaired) electrons. The van der Waals surface area contributed by atoms with Crippen LogP contribution in [0.1, 0.15) is 12.0 Å². The van der Waals surface area contributed by atoms with Crippen molar-refractivity contribution in [2.24, 2.45) is 10.9 Å². The van der Waals surface area contributed by atoms with Crippen molar-refractivity contribution in [3.05, 3.63) is 35.9 Å². The molecular weight excluding hydrogens is 273 g/mol. The van der Waals surface area contributed by atoms with Crippen LogP contribution in [-0.2, 0) is 11.4 Å². The maximum absolute atomic E-state index is 5.89. The number of oxime groups is 1. The predicted octanol–water partition coefficient (Wildman–Crippen LogP) is 1.72. The molecule has 0 aromatic heterocycles. The van der Waals surface area contributed by atoms with Crippen molar-refractivity contribution in [1.82, 2.24) is 5.32 Å². The van der Waals surface area contributed by atoms with E-state index in [0.29, 0.717) is 6.61 Å². The molecule has 0 amide bonds. The number of piperidine rings is 1. The van der Waals surface area contributed by atoms with E-state index in [1.807, 2.05) is 30.3 Å². The van der Waals surface area contributed by atoms with E-state index < -0.39 is 0 Å². The maximum atomic E-state index is 5.89. The molecule has 1 aliphatic heterocycles. The zero-order valence-electron chi connectivity index (χ0n) is 10.0. The molecule has 4 nitrogen and oxygen atoms in total. The third-order valence-electron chi connectivity index (χ3n) is 2.61. The lowest BCUT2D eigenvalue weighted by atomic mass is 10.1. The van der Waals surface area contributed by atoms with Crippen molar-refractivity contribution < 1.29 is 4.84 Å². The van der Waals surface area contributed by atoms with Gasteiger partial charge in [-0.3, -0.25) is 0 Å². The quantitative estimate of drug-likeness (QED) is 0.834. The average molecular weight is 292 g/mol. The van der Waals surface area contributed by atoms with Gasteiger partial charge in [-0.2, -0.15) is 0 Å². The van der Waals surface area contributed by atoms with Crippen molar-refractivity contribution in [3.63, 3.8) is 0 Å². The van der Waals surface area contributed by atoms with E-state index in [4.69, 9.17) is 10.6 Å². The molecule has 0 aliphatic carbocycles. The first-order valence-corrected chi connectivity index (χ1v) is 5.55. The Bertz CT molecular complexity index is 360. The first kappa shape index (κ1) is 17.2. The number of nitrogens with one attached hydrogen (secondary N) is 1. The van der Waals surface area contributed by atoms with Gasteiger partial charge >= 0.3 is 0 Å². The average Bonchev–Trinajstić information content (AvgIpc) is 2.33. The number of nitrogens with two attached hydrogens (primary N) is 1. The van der Waals surface area contributed by atoms with Gasteiger partial charge in [-0.1, -0.05) is 35.5 Å². The summed E-state index contributed by atoms with van der Waals surface area (Å²) in [5.41, 5.74) is 7.96. The van der Waals surface area contributed by atoms with E-state index in [1.165, 1.54) is 0 Å². The highest BCUT2D eigenvalue weighted by Gasteiger charge is 2.16. The summed E-state index contributed by atoms with van der Waals surface area (Å²) in [5, 5.41) is 7.32. The Morgan fingerprint density at radius 1 is 1.28 bits per heavy atom. The van der Waals surface area contributed by atoms with E-state index in [1.54, 1.807) is 0 Å². The fourth-order valence-corrected chi connectivity index (χ4v) is 1.65. The maximum Gasteiger partial charge on any atom is 0.142 e. The van der Waals surface area contributed by atoms with Crippen molar-refractivity contribution >= 4 is 30.5 Å². The highest BCUT2D eigenvalue weighted by atomic mass is 35.5. The molecule has 2 rings (SSSR count). The summed E-state index contributed by atoms with van der Waals surface area (Å²) in [6.45, 7) is 2.22. The molecular formula is C12H19Cl2N3O. The number of halogens is 2. The minimum Gasteiger partial charge on any atom is -0.391 e. The van der Waals surface area contributed by atoms with Gasteiger partial charge in [0.1, 0.15) is 6.61 Å². The predicted molar refractivity (Wildman–Crippen MR) is 78.6 cm³/mol. The fourth-order valence-electron chi connectivity index (χ4n) is 1.65. The lowest BCUT2D eigenvalue weighted by molar-refractivity contribution is 0.128. The number of rotatable bonds is 3. The van der Waals surface area contributed by atoms with Gasteiger partial charge in [0, 0.05) is 19.5 Å². The summed E-state index contributed by atoms with van der Waals surface area (Å²) in [7, 11) is 0. The van der Waals surface area contributed by atoms with Crippen LogP contribution in [0.2, 0.25) is 0 Å². The zero-order chi connectivity index (χ0) is 11.2. The van der Waals surface area contributed by atoms with Crippen molar-refractivity contribution in [2.45, 2.75) is 19.1 Å². The standard InChI is InChI=1S/C12H17N3O.2ClH/c13-11-8-14-7-6-12(11)15-16-9-10-4-2-1-3-5-10;;/h1-5,11,14H,6-9,13H2;2*1H. The molecule has 18 heavy (non-hydrogen) atoms. The Hall–Kier alpha value is -0.810. The first-order valence-electron chi connectivity index (χ1n) is 5.55. The van der Waals surface area contributed by atoms with Crippen LogP contribution in [0, 0.1) is 0 Å². The molecule has 1 aromatic carbocycles. The second-order valence-corrected chi connectivity index (χ2v) is 3.90. The van der Waals surface area contributed by atoms with Gasteiger partial charge in [-0.25, -0.2) is 0 Å². The summed E-state index contributed by atoms with van der Waals surface area (Å²) >= 11 is 0. The highest BCUT2D eigenvalue weighted by molar-refractivity contribution is 5.90. The molecule has 0 spiro atoms. The number of hydrogen-bond acceptors (Lipinski definition) is 4. The zero-order valence-corrected chi connectivity index (χ0v) is 11.7. The topological polar surface area (TPSA) is 59.6 Å². The second-order valence-electron chi connectivity index (χ2n) is 3.90. The molecule has 1 fully saturated rings. The Labute approximate surface area is 120 Å². The molecule has 1 atom stereocenters. The fraction of sp³-hybridized carbons (Fsp3) is 0.417. The van der Waals surface area contributed by atoms with E-state index in [9.17, 15) is 0 Å². The van der Waals surface area contributed by atoms with Gasteiger partial charge in [0.2, 0.25) is 0 Å². The van der Waals surface area contributed by atoms with E-state index in [2.05, 4.69) is 10.5 Å². The number of nitrogens with zero attached hydrogens (tertiary/aromatic N) is 1. The summed E-state index contributed by atoms with van der Waals surface area (Å²) in [4.78, 5) is 5.31. The molecule has 0 saturated carbocycles. The smallest absolute Gasteiger partial charge is 0.142 e. The lowest BCUT2D eigenvalue weighted by Crippen LogP contribution is -2.46. The molecule has 6 heteroatoms. The molecule has 0 bridgehead atoms. The molecule has 3 N–H and O–H groups in total. The molecule has 102 valence electrons. The third kappa shape index (κ3) is 5.23. The summed E-state index contributed by atoms with van der Waals surface area (Å²) < 4.78 is 0. The Kier molecular flexibility index (Phi) is 8.75. The van der Waals surface area contributed by atoms with Crippen LogP contribution in [-0.4, -0.2) is 24.8 Å². The van der Waals surface area contributed by atoms with Gasteiger partial charge in [0.05, 0.1) is 11.8 Å². The number of hydrogen-bond donors (Lipinski definition) is 2. The van der Waals surface area contributed by atoms with E-state index in [0.717, 1.165) is 30.8 Å². The van der Waals surface area contributed by atoms with Gasteiger partial charge in [-0.15, -0.1) is 24.8 Å². The van der Waals surface area contributed by atoms with Gasteiger partial charge in [0.25, 0.3) is 0 Å². The Balaban J connectivity index is 0.00000144. The SMILES string of the molecule is Cl.Cl.NC1CNCCC1=NOCc1ccccc1. The van der Waals surface area contributed by atoms with Crippen LogP contribution in [0.25, 0.3) is 0 Å². The summed E-state index contributed by atoms with van der Waals surface area (Å²) in [6.07, 6.45) is 0.871. The van der Waals surface area contributed by atoms with Crippen molar-refractivity contribution in [3.8, 4) is 0 Å². The first-order chi connectivity index (χ1) is 7.86. The lowest BCUT2D eigenvalue weighted by Gasteiger charge is -2.20. The Morgan fingerprint density at radius 2 is 2.00 bits per heavy atom. The minimum atomic E-state index is -0.00970. The number of benzene rings is 1. The van der Waals surface area contributed by atoms with Crippen molar-refractivity contribution in [1.29, 1.82) is 0 Å². The van der Waals surface area contributed by atoms with Crippen LogP contribution < -0.4 is 11.1 Å². The second kappa shape index (κ2) is 9.16. The molecule has 1 aromatic rings. The monoisotopic (exact) mass is 291 g/mol. The van der Waals surface area contributed by atoms with Crippen LogP contribution in [0.4, 0.5) is 0 Å². The third-order valence-corrected chi connectivity index (χ3v) is 2.61.